The number of nitrogens with one attached hydrogen (secondary N) is 1. The monoisotopic (exact) mass is 1400 g/mol. The van der Waals surface area contributed by atoms with Gasteiger partial charge in [0.05, 0.1) is 36.5 Å². The number of aliphatic hydroxyl groups is 1. The first-order valence-corrected chi connectivity index (χ1v) is 26.8. The predicted octanol–water partition coefficient (Wildman–Crippen LogP) is 9.66. The predicted molar refractivity (Wildman–Crippen MR) is 336 cm³/mol. The van der Waals surface area contributed by atoms with Gasteiger partial charge in [0, 0.05) is 85.6 Å². The Kier molecular flexibility index (Phi) is 46.6. The molecule has 542 valence electrons. The van der Waals surface area contributed by atoms with Gasteiger partial charge in [0.2, 0.25) is 0 Å². The molecule has 0 aromatic heterocycles. The summed E-state index contributed by atoms with van der Waals surface area (Å²) in [6, 6.07) is 5.47. The second kappa shape index (κ2) is 45.0. The minimum Gasteiger partial charge on any atom is -0.870 e. The number of halogens is 10. The SMILES string of the molecule is C.C.C.C.C.CC(C)(C)OC(=O)N1CCN(c2c(F)cc(C(=O)O)cc2F)CC1.CC(C)(C)OC(=O)N1CCNCC1.CO.COC(=O)c1cc(F)c(F)c(F)c1.COC(=O)c1cc(F)c(N2CCN(C(=O)OC(C)(C)C)CC2)c(F)c1.O=C(O)c1cc(F)c(F)c(F)c1.[Na+].[OH-]. The van der Waals surface area contributed by atoms with Crippen LogP contribution in [-0.4, -0.2) is 194 Å². The number of esters is 2. The summed E-state index contributed by atoms with van der Waals surface area (Å²) in [6.45, 7) is 21.5. The molecular formula is C63H93F10N6NaO16. The van der Waals surface area contributed by atoms with Gasteiger partial charge in [0.25, 0.3) is 0 Å². The number of carbonyl (C=O) groups is 7. The van der Waals surface area contributed by atoms with Crippen LogP contribution in [0.1, 0.15) is 141 Å². The molecule has 5 N–H and O–H groups in total. The molecule has 3 aliphatic heterocycles. The minimum absolute atomic E-state index is 0. The summed E-state index contributed by atoms with van der Waals surface area (Å²) < 4.78 is 155. The molecule has 4 aromatic carbocycles. The molecule has 7 rings (SSSR count). The topological polar surface area (TPSA) is 285 Å². The van der Waals surface area contributed by atoms with Crippen molar-refractivity contribution in [1.29, 1.82) is 0 Å². The van der Waals surface area contributed by atoms with E-state index in [0.717, 1.165) is 71.8 Å². The number of carboxylic acid groups (broad SMARTS) is 2. The number of benzene rings is 4. The Labute approximate surface area is 577 Å². The molecule has 33 heteroatoms. The van der Waals surface area contributed by atoms with Crippen LogP contribution in [0.3, 0.4) is 0 Å². The third-order valence-electron chi connectivity index (χ3n) is 11.6. The molecular weight excluding hydrogens is 1310 g/mol. The second-order valence-electron chi connectivity index (χ2n) is 21.8. The Hall–Kier alpha value is -7.65. The maximum atomic E-state index is 14.3. The standard InChI is InChI=1S/C17H22F2N2O4.C16H20F2N2O4.C9H18N2O2.C8H5F3O2.C7H3F3O2.CH4O.5CH4.Na.H2O/c1-17(2,3)25-16(23)21-7-5-20(6-8-21)14-12(18)9-11(10-13(14)19)15(22)24-4;1-16(2,3)24-15(23)20-6-4-19(5-7-20)13-11(17)8-10(14(21)22)9-12(13)18;1-9(2,3)13-8(12)11-6-4-10-5-7-11;1-13-8(12)4-2-5(9)7(11)6(10)3-4;8-4-1-3(7(11)12)2-5(9)6(4)10;1-2;;;;;;;/h9-10H,5-8H2,1-4H3;8-9H,4-7H2,1-3H3,(H,21,22);10H,4-7H2,1-3H3;2-3H,1H3;1-2H,(H,11,12);2H,1H3;5*1H4;;1H2/q;;;;;;;;;;;+1;/p-1. The largest absolute Gasteiger partial charge is 1.00 e. The van der Waals surface area contributed by atoms with Gasteiger partial charge >= 0.3 is 71.7 Å². The van der Waals surface area contributed by atoms with E-state index in [1.54, 1.807) is 46.4 Å². The summed E-state index contributed by atoms with van der Waals surface area (Å²) >= 11 is 0. The first-order chi connectivity index (χ1) is 41.3. The average molecular weight is 1400 g/mol. The van der Waals surface area contributed by atoms with E-state index in [1.165, 1.54) is 19.6 Å². The number of ether oxygens (including phenoxy) is 5. The molecule has 0 radical (unpaired) electrons. The first kappa shape index (κ1) is 99.4. The molecule has 4 aromatic rings. The number of aromatic carboxylic acids is 2. The van der Waals surface area contributed by atoms with Gasteiger partial charge < -0.3 is 74.3 Å². The molecule has 3 heterocycles. The van der Waals surface area contributed by atoms with Gasteiger partial charge in [-0.2, -0.15) is 0 Å². The molecule has 3 saturated heterocycles. The zero-order valence-electron chi connectivity index (χ0n) is 52.3. The summed E-state index contributed by atoms with van der Waals surface area (Å²) in [4.78, 5) is 86.3. The van der Waals surface area contributed by atoms with Crippen LogP contribution in [0.5, 0.6) is 0 Å². The Morgan fingerprint density at radius 3 is 0.812 bits per heavy atom. The van der Waals surface area contributed by atoms with E-state index in [-0.39, 0.29) is 159 Å². The van der Waals surface area contributed by atoms with Crippen molar-refractivity contribution in [3.63, 3.8) is 0 Å². The van der Waals surface area contributed by atoms with Gasteiger partial charge in [-0.25, -0.2) is 77.5 Å². The Morgan fingerprint density at radius 2 is 0.594 bits per heavy atom. The number of aliphatic hydroxyl groups excluding tert-OH is 1. The zero-order valence-corrected chi connectivity index (χ0v) is 54.3. The van der Waals surface area contributed by atoms with Crippen molar-refractivity contribution in [3.05, 3.63) is 129 Å². The molecule has 22 nitrogen and oxygen atoms in total. The maximum Gasteiger partial charge on any atom is 1.00 e. The van der Waals surface area contributed by atoms with Gasteiger partial charge in [0.1, 0.15) is 51.4 Å². The number of nitrogens with zero attached hydrogens (tertiary/aromatic N) is 5. The number of methoxy groups -OCH3 is 2. The zero-order chi connectivity index (χ0) is 68.1. The smallest absolute Gasteiger partial charge is 0.870 e. The van der Waals surface area contributed by atoms with Crippen molar-refractivity contribution < 1.29 is 152 Å². The molecule has 3 aliphatic rings. The molecule has 3 fully saturated rings. The number of carbonyl (C=O) groups excluding carboxylic acids is 5. The summed E-state index contributed by atoms with van der Waals surface area (Å²) in [5.41, 5.74) is -3.70. The Bertz CT molecular complexity index is 3020. The van der Waals surface area contributed by atoms with E-state index in [9.17, 15) is 77.5 Å². The Morgan fingerprint density at radius 1 is 0.385 bits per heavy atom. The van der Waals surface area contributed by atoms with Gasteiger partial charge in [0.15, 0.2) is 34.9 Å². The van der Waals surface area contributed by atoms with Crippen LogP contribution in [-0.2, 0) is 23.7 Å². The number of hydrogen-bond donors (Lipinski definition) is 4. The Balaban J connectivity index is -0.000000266. The molecule has 96 heavy (non-hydrogen) atoms. The fourth-order valence-electron chi connectivity index (χ4n) is 7.62. The van der Waals surface area contributed by atoms with Crippen molar-refractivity contribution in [2.75, 3.05) is 110 Å². The van der Waals surface area contributed by atoms with E-state index >= 15 is 0 Å². The molecule has 3 amide bonds. The van der Waals surface area contributed by atoms with Crippen LogP contribution in [0.15, 0.2) is 48.5 Å². The summed E-state index contributed by atoms with van der Waals surface area (Å²) in [5, 5.41) is 27.3. The first-order valence-electron chi connectivity index (χ1n) is 26.8. The van der Waals surface area contributed by atoms with E-state index in [4.69, 9.17) is 29.5 Å². The number of anilines is 2. The fraction of sp³-hybridized carbons (Fsp3) is 0.508. The van der Waals surface area contributed by atoms with E-state index in [1.807, 2.05) is 20.8 Å². The van der Waals surface area contributed by atoms with Crippen molar-refractivity contribution in [2.45, 2.75) is 116 Å². The van der Waals surface area contributed by atoms with Crippen LogP contribution in [0.4, 0.5) is 69.7 Å². The molecule has 0 spiro atoms. The maximum absolute atomic E-state index is 14.3. The normalized spacial score (nSPS) is 12.9. The van der Waals surface area contributed by atoms with Gasteiger partial charge in [-0.15, -0.1) is 0 Å². The van der Waals surface area contributed by atoms with Crippen LogP contribution in [0, 0.1) is 58.2 Å². The molecule has 0 saturated carbocycles. The molecule has 0 unspecified atom stereocenters. The summed E-state index contributed by atoms with van der Waals surface area (Å²) in [5.74, 6) is -17.3. The second-order valence-corrected chi connectivity index (χ2v) is 21.8. The van der Waals surface area contributed by atoms with E-state index in [2.05, 4.69) is 14.8 Å². The molecule has 0 bridgehead atoms. The van der Waals surface area contributed by atoms with Crippen LogP contribution in [0.25, 0.3) is 0 Å². The summed E-state index contributed by atoms with van der Waals surface area (Å²) in [7, 11) is 3.20. The number of rotatable bonds is 6. The number of piperazine rings is 3. The summed E-state index contributed by atoms with van der Waals surface area (Å²) in [6.07, 6.45) is -1.12. The number of hydrogen-bond acceptors (Lipinski definition) is 17. The van der Waals surface area contributed by atoms with Crippen LogP contribution >= 0.6 is 0 Å². The quantitative estimate of drug-likeness (QED) is 0.0459. The van der Waals surface area contributed by atoms with Crippen LogP contribution in [0.2, 0.25) is 0 Å². The van der Waals surface area contributed by atoms with Crippen molar-refractivity contribution in [1.82, 2.24) is 20.0 Å². The van der Waals surface area contributed by atoms with E-state index in [0.29, 0.717) is 24.3 Å². The van der Waals surface area contributed by atoms with E-state index < -0.39 is 117 Å². The fourth-order valence-corrected chi connectivity index (χ4v) is 7.62. The van der Waals surface area contributed by atoms with Crippen LogP contribution < -0.4 is 44.7 Å². The minimum atomic E-state index is -1.67. The third kappa shape index (κ3) is 32.4. The average Bonchev–Trinajstić information content (AvgIpc) is 0.863. The van der Waals surface area contributed by atoms with Gasteiger partial charge in [-0.05, 0) is 111 Å². The van der Waals surface area contributed by atoms with Gasteiger partial charge in [-0.1, -0.05) is 37.1 Å². The van der Waals surface area contributed by atoms with Crippen molar-refractivity contribution in [3.8, 4) is 0 Å². The van der Waals surface area contributed by atoms with Gasteiger partial charge in [-0.3, -0.25) is 0 Å². The van der Waals surface area contributed by atoms with Crippen molar-refractivity contribution >= 4 is 53.5 Å². The number of carboxylic acids is 2. The molecule has 0 atom stereocenters. The molecule has 0 aliphatic carbocycles. The third-order valence-corrected chi connectivity index (χ3v) is 11.6. The number of amides is 3. The van der Waals surface area contributed by atoms with Crippen molar-refractivity contribution in [2.24, 2.45) is 0 Å².